The van der Waals surface area contributed by atoms with Crippen LogP contribution in [-0.2, 0) is 23.9 Å². The minimum absolute atomic E-state index is 0.0382. The van der Waals surface area contributed by atoms with Gasteiger partial charge in [-0.25, -0.2) is 0 Å². The molecule has 0 bridgehead atoms. The fraction of sp³-hybridized carbons (Fsp3) is 0.720. The molecule has 5 aliphatic rings. The molecule has 4 fully saturated rings. The monoisotopic (exact) mass is 428 g/mol. The first-order valence-corrected chi connectivity index (χ1v) is 11.6. The lowest BCUT2D eigenvalue weighted by atomic mass is 9.46. The number of ether oxygens (including phenoxy) is 2. The average Bonchev–Trinajstić information content (AvgIpc) is 3.42. The van der Waals surface area contributed by atoms with Crippen molar-refractivity contribution in [3.63, 3.8) is 0 Å². The molecule has 6 nitrogen and oxygen atoms in total. The standard InChI is InChI=1S/C25H32O6/c1-5-21(28)30-13-19(27)24(29)14(2)10-18-17-7-6-15-11-16(26)8-9-22(15,3)25(17)20(31-25)12-23(18,24)4/h8-9,11,14,17-18,20,29H,5-7,10,12-13H2,1-4H3/t14-,17-,18-,20?,22-,23-,24-,25?/m1/s1. The van der Waals surface area contributed by atoms with Crippen LogP contribution in [0.1, 0.15) is 59.8 Å². The lowest BCUT2D eigenvalue weighted by Crippen LogP contribution is -2.62. The summed E-state index contributed by atoms with van der Waals surface area (Å²) in [6.07, 6.45) is 8.65. The Kier molecular flexibility index (Phi) is 4.34. The second kappa shape index (κ2) is 6.38. The Morgan fingerprint density at radius 2 is 2.03 bits per heavy atom. The van der Waals surface area contributed by atoms with Crippen molar-refractivity contribution in [2.75, 3.05) is 6.61 Å². The summed E-state index contributed by atoms with van der Waals surface area (Å²) in [5, 5.41) is 11.9. The van der Waals surface area contributed by atoms with Gasteiger partial charge in [0.1, 0.15) is 11.2 Å². The Hall–Kier alpha value is -1.79. The summed E-state index contributed by atoms with van der Waals surface area (Å²) in [6.45, 7) is 7.45. The van der Waals surface area contributed by atoms with Gasteiger partial charge in [0, 0.05) is 17.3 Å². The zero-order chi connectivity index (χ0) is 22.4. The molecule has 4 aliphatic carbocycles. The zero-order valence-corrected chi connectivity index (χ0v) is 18.8. The lowest BCUT2D eigenvalue weighted by molar-refractivity contribution is -0.171. The van der Waals surface area contributed by atoms with Crippen molar-refractivity contribution in [3.8, 4) is 0 Å². The van der Waals surface area contributed by atoms with Crippen molar-refractivity contribution >= 4 is 17.5 Å². The maximum Gasteiger partial charge on any atom is 0.305 e. The van der Waals surface area contributed by atoms with Gasteiger partial charge in [0.15, 0.2) is 12.4 Å². The molecule has 8 atom stereocenters. The van der Waals surface area contributed by atoms with E-state index in [4.69, 9.17) is 9.47 Å². The third-order valence-electron chi connectivity index (χ3n) is 9.59. The molecule has 1 saturated heterocycles. The summed E-state index contributed by atoms with van der Waals surface area (Å²) in [5.41, 5.74) is -1.71. The zero-order valence-electron chi connectivity index (χ0n) is 18.8. The number of hydrogen-bond donors (Lipinski definition) is 1. The number of rotatable bonds is 4. The molecule has 0 amide bonds. The summed E-state index contributed by atoms with van der Waals surface area (Å²) in [4.78, 5) is 36.8. The quantitative estimate of drug-likeness (QED) is 0.547. The van der Waals surface area contributed by atoms with Gasteiger partial charge in [0.2, 0.25) is 5.78 Å². The summed E-state index contributed by atoms with van der Waals surface area (Å²) in [7, 11) is 0. The first kappa shape index (κ1) is 21.1. The van der Waals surface area contributed by atoms with Gasteiger partial charge >= 0.3 is 5.97 Å². The van der Waals surface area contributed by atoms with Crippen molar-refractivity contribution in [3.05, 3.63) is 23.8 Å². The second-order valence-electron chi connectivity index (χ2n) is 10.7. The fourth-order valence-corrected chi connectivity index (χ4v) is 7.94. The molecule has 0 aromatic heterocycles. The normalized spacial score (nSPS) is 49.3. The molecule has 5 rings (SSSR count). The number of Topliss-reactive ketones (excluding diaryl/α,β-unsaturated/α-hetero) is 1. The molecule has 0 aromatic carbocycles. The summed E-state index contributed by atoms with van der Waals surface area (Å²) >= 11 is 0. The molecular formula is C25H32O6. The van der Waals surface area contributed by atoms with Gasteiger partial charge in [-0.3, -0.25) is 14.4 Å². The molecule has 0 radical (unpaired) electrons. The highest BCUT2D eigenvalue weighted by molar-refractivity contribution is 6.01. The molecule has 1 N–H and O–H groups in total. The van der Waals surface area contributed by atoms with Gasteiger partial charge in [0.05, 0.1) is 6.10 Å². The number of carbonyl (C=O) groups is 3. The maximum absolute atomic E-state index is 13.2. The molecule has 1 heterocycles. The number of fused-ring (bicyclic) bond motifs is 3. The van der Waals surface area contributed by atoms with Crippen molar-refractivity contribution in [1.29, 1.82) is 0 Å². The van der Waals surface area contributed by atoms with Gasteiger partial charge in [0.25, 0.3) is 0 Å². The Morgan fingerprint density at radius 3 is 2.74 bits per heavy atom. The van der Waals surface area contributed by atoms with Gasteiger partial charge < -0.3 is 14.6 Å². The molecule has 1 spiro atoms. The van der Waals surface area contributed by atoms with E-state index < -0.39 is 22.8 Å². The minimum Gasteiger partial charge on any atom is -0.458 e. The molecule has 168 valence electrons. The summed E-state index contributed by atoms with van der Waals surface area (Å²) in [6, 6.07) is 0. The van der Waals surface area contributed by atoms with Gasteiger partial charge in [-0.15, -0.1) is 0 Å². The van der Waals surface area contributed by atoms with Crippen molar-refractivity contribution in [1.82, 2.24) is 0 Å². The largest absolute Gasteiger partial charge is 0.458 e. The van der Waals surface area contributed by atoms with E-state index in [2.05, 4.69) is 6.92 Å². The van der Waals surface area contributed by atoms with E-state index in [-0.39, 0.29) is 53.7 Å². The molecular weight excluding hydrogens is 396 g/mol. The van der Waals surface area contributed by atoms with Crippen LogP contribution in [0.3, 0.4) is 0 Å². The van der Waals surface area contributed by atoms with Gasteiger partial charge in [-0.1, -0.05) is 32.4 Å². The Balaban J connectivity index is 1.49. The lowest BCUT2D eigenvalue weighted by Gasteiger charge is -2.55. The van der Waals surface area contributed by atoms with Crippen molar-refractivity contribution < 1.29 is 29.0 Å². The highest BCUT2D eigenvalue weighted by atomic mass is 16.6. The van der Waals surface area contributed by atoms with Crippen LogP contribution in [0.15, 0.2) is 23.8 Å². The molecule has 2 unspecified atom stereocenters. The number of ketones is 2. The second-order valence-corrected chi connectivity index (χ2v) is 10.7. The third-order valence-corrected chi connectivity index (χ3v) is 9.59. The third kappa shape index (κ3) is 2.38. The van der Waals surface area contributed by atoms with E-state index in [0.29, 0.717) is 6.42 Å². The number of aliphatic hydroxyl groups is 1. The first-order valence-electron chi connectivity index (χ1n) is 11.6. The van der Waals surface area contributed by atoms with Gasteiger partial charge in [-0.05, 0) is 62.5 Å². The van der Waals surface area contributed by atoms with Crippen LogP contribution in [0.4, 0.5) is 0 Å². The fourth-order valence-electron chi connectivity index (χ4n) is 7.94. The molecule has 6 heteroatoms. The summed E-state index contributed by atoms with van der Waals surface area (Å²) < 4.78 is 11.6. The Bertz CT molecular complexity index is 934. The number of epoxide rings is 1. The van der Waals surface area contributed by atoms with E-state index in [1.54, 1.807) is 19.1 Å². The van der Waals surface area contributed by atoms with E-state index in [1.807, 2.05) is 19.9 Å². The smallest absolute Gasteiger partial charge is 0.305 e. The highest BCUT2D eigenvalue weighted by Crippen LogP contribution is 2.76. The van der Waals surface area contributed by atoms with E-state index in [0.717, 1.165) is 24.8 Å². The predicted octanol–water partition coefficient (Wildman–Crippen LogP) is 2.93. The van der Waals surface area contributed by atoms with E-state index in [9.17, 15) is 19.5 Å². The maximum atomic E-state index is 13.2. The van der Waals surface area contributed by atoms with Crippen LogP contribution in [0.2, 0.25) is 0 Å². The highest BCUT2D eigenvalue weighted by Gasteiger charge is 2.82. The Labute approximate surface area is 183 Å². The van der Waals surface area contributed by atoms with E-state index >= 15 is 0 Å². The predicted molar refractivity (Wildman–Crippen MR) is 112 cm³/mol. The van der Waals surface area contributed by atoms with Crippen LogP contribution in [0.25, 0.3) is 0 Å². The van der Waals surface area contributed by atoms with E-state index in [1.165, 1.54) is 0 Å². The first-order chi connectivity index (χ1) is 14.5. The van der Waals surface area contributed by atoms with Gasteiger partial charge in [-0.2, -0.15) is 0 Å². The SMILES string of the molecule is CCC(=O)OCC(=O)[C@]1(O)[C@H](C)C[C@@H]2[C@H]3CCC4=CC(=O)C=C[C@@]4(C)C34OC4C[C@]21C. The van der Waals surface area contributed by atoms with Crippen LogP contribution in [-0.4, -0.2) is 46.6 Å². The molecule has 1 aliphatic heterocycles. The van der Waals surface area contributed by atoms with Crippen LogP contribution in [0, 0.1) is 28.6 Å². The molecule has 0 aromatic rings. The number of carbonyl (C=O) groups excluding carboxylic acids is 3. The van der Waals surface area contributed by atoms with Crippen molar-refractivity contribution in [2.45, 2.75) is 77.1 Å². The van der Waals surface area contributed by atoms with Crippen molar-refractivity contribution in [2.24, 2.45) is 28.6 Å². The Morgan fingerprint density at radius 1 is 1.29 bits per heavy atom. The average molecular weight is 429 g/mol. The number of hydrogen-bond acceptors (Lipinski definition) is 6. The van der Waals surface area contributed by atoms with Crippen LogP contribution in [0.5, 0.6) is 0 Å². The summed E-state index contributed by atoms with van der Waals surface area (Å²) in [5.74, 6) is -0.684. The number of esters is 1. The molecule has 3 saturated carbocycles. The van der Waals surface area contributed by atoms with Crippen LogP contribution < -0.4 is 0 Å². The minimum atomic E-state index is -1.54. The topological polar surface area (TPSA) is 93.2 Å². The molecule has 31 heavy (non-hydrogen) atoms. The van der Waals surface area contributed by atoms with Crippen LogP contribution >= 0.6 is 0 Å². The number of allylic oxidation sites excluding steroid dienone is 2.